The van der Waals surface area contributed by atoms with Gasteiger partial charge in [-0.3, -0.25) is 9.36 Å². The number of hydrogen-bond acceptors (Lipinski definition) is 4. The Labute approximate surface area is 155 Å². The van der Waals surface area contributed by atoms with Gasteiger partial charge in [-0.2, -0.15) is 18.4 Å². The number of benzene rings is 2. The van der Waals surface area contributed by atoms with Gasteiger partial charge < -0.3 is 4.98 Å². The lowest BCUT2D eigenvalue weighted by molar-refractivity contribution is -0.137. The van der Waals surface area contributed by atoms with Crippen molar-refractivity contribution in [2.24, 2.45) is 0 Å². The largest absolute Gasteiger partial charge is 0.416 e. The van der Waals surface area contributed by atoms with Gasteiger partial charge in [0.25, 0.3) is 5.56 Å². The number of H-pyrrole nitrogens is 1. The van der Waals surface area contributed by atoms with Gasteiger partial charge in [0.05, 0.1) is 17.2 Å². The van der Waals surface area contributed by atoms with Crippen LogP contribution in [0.1, 0.15) is 11.1 Å². The number of alkyl halides is 3. The van der Waals surface area contributed by atoms with Crippen molar-refractivity contribution in [3.05, 3.63) is 76.3 Å². The predicted molar refractivity (Wildman–Crippen MR) is 94.6 cm³/mol. The quantitative estimate of drug-likeness (QED) is 0.574. The average molecular weight is 381 g/mol. The normalized spacial score (nSPS) is 11.5. The second kappa shape index (κ2) is 6.35. The fourth-order valence-corrected chi connectivity index (χ4v) is 2.75. The number of imidazole rings is 1. The molecule has 4 rings (SSSR count). The van der Waals surface area contributed by atoms with Crippen LogP contribution in [0.15, 0.2) is 59.7 Å². The molecule has 6 nitrogen and oxygen atoms in total. The van der Waals surface area contributed by atoms with Gasteiger partial charge in [-0.1, -0.05) is 12.1 Å². The minimum absolute atomic E-state index is 0.0972. The smallest absolute Gasteiger partial charge is 0.305 e. The van der Waals surface area contributed by atoms with Crippen molar-refractivity contribution in [3.8, 4) is 23.1 Å². The summed E-state index contributed by atoms with van der Waals surface area (Å²) < 4.78 is 39.8. The van der Waals surface area contributed by atoms with Gasteiger partial charge in [0, 0.05) is 11.3 Å². The molecule has 2 aromatic heterocycles. The SMILES string of the molecule is N#Cc1ccc(-n2cnc3c(=O)[nH]c(-c4ccc(C(F)(F)F)cc4)nc32)cc1. The third-order valence-electron chi connectivity index (χ3n) is 4.17. The number of nitrogens with one attached hydrogen (secondary N) is 1. The molecule has 0 saturated carbocycles. The number of halogens is 3. The van der Waals surface area contributed by atoms with E-state index in [1.807, 2.05) is 6.07 Å². The molecule has 138 valence electrons. The first-order chi connectivity index (χ1) is 13.4. The second-order valence-electron chi connectivity index (χ2n) is 5.94. The molecule has 0 bridgehead atoms. The molecular formula is C19H10F3N5O. The molecular weight excluding hydrogens is 371 g/mol. The van der Waals surface area contributed by atoms with Crippen molar-refractivity contribution >= 4 is 11.2 Å². The molecule has 0 aliphatic carbocycles. The van der Waals surface area contributed by atoms with Gasteiger partial charge in [-0.15, -0.1) is 0 Å². The van der Waals surface area contributed by atoms with Gasteiger partial charge in [-0.25, -0.2) is 9.97 Å². The molecule has 0 saturated heterocycles. The van der Waals surface area contributed by atoms with Crippen LogP contribution in [0.3, 0.4) is 0 Å². The molecule has 0 aliphatic rings. The number of nitriles is 1. The van der Waals surface area contributed by atoms with E-state index in [9.17, 15) is 18.0 Å². The lowest BCUT2D eigenvalue weighted by Gasteiger charge is -2.08. The molecule has 9 heteroatoms. The first-order valence-electron chi connectivity index (χ1n) is 8.02. The Morgan fingerprint density at radius 1 is 1.04 bits per heavy atom. The highest BCUT2D eigenvalue weighted by Gasteiger charge is 2.30. The third-order valence-corrected chi connectivity index (χ3v) is 4.17. The van der Waals surface area contributed by atoms with Crippen LogP contribution < -0.4 is 5.56 Å². The van der Waals surface area contributed by atoms with Crippen molar-refractivity contribution in [2.45, 2.75) is 6.18 Å². The maximum Gasteiger partial charge on any atom is 0.416 e. The second-order valence-corrected chi connectivity index (χ2v) is 5.94. The minimum atomic E-state index is -4.45. The van der Waals surface area contributed by atoms with Crippen LogP contribution in [-0.2, 0) is 6.18 Å². The summed E-state index contributed by atoms with van der Waals surface area (Å²) in [5.74, 6) is 0.126. The summed E-state index contributed by atoms with van der Waals surface area (Å²) in [5, 5.41) is 8.90. The predicted octanol–water partition coefficient (Wildman–Crippen LogP) is 3.67. The Morgan fingerprint density at radius 3 is 2.32 bits per heavy atom. The van der Waals surface area contributed by atoms with Crippen molar-refractivity contribution in [1.29, 1.82) is 5.26 Å². The highest BCUT2D eigenvalue weighted by Crippen LogP contribution is 2.30. The Balaban J connectivity index is 1.83. The molecule has 0 aliphatic heterocycles. The molecule has 4 aromatic rings. The maximum absolute atomic E-state index is 12.7. The molecule has 0 unspecified atom stereocenters. The Bertz CT molecular complexity index is 1260. The lowest BCUT2D eigenvalue weighted by Crippen LogP contribution is -2.11. The molecule has 0 atom stereocenters. The Kier molecular flexibility index (Phi) is 3.96. The summed E-state index contributed by atoms with van der Waals surface area (Å²) in [7, 11) is 0. The summed E-state index contributed by atoms with van der Waals surface area (Å²) in [5.41, 5.74) is 0.500. The molecule has 0 amide bonds. The van der Waals surface area contributed by atoms with Crippen LogP contribution in [0, 0.1) is 11.3 Å². The summed E-state index contributed by atoms with van der Waals surface area (Å²) in [6, 6.07) is 13.0. The lowest BCUT2D eigenvalue weighted by atomic mass is 10.1. The van der Waals surface area contributed by atoms with Crippen molar-refractivity contribution < 1.29 is 13.2 Å². The summed E-state index contributed by atoms with van der Waals surface area (Å²) in [6.07, 6.45) is -3.03. The van der Waals surface area contributed by atoms with Crippen LogP contribution in [0.2, 0.25) is 0 Å². The fourth-order valence-electron chi connectivity index (χ4n) is 2.75. The van der Waals surface area contributed by atoms with E-state index in [0.717, 1.165) is 12.1 Å². The summed E-state index contributed by atoms with van der Waals surface area (Å²) in [4.78, 5) is 23.3. The molecule has 1 N–H and O–H groups in total. The standard InChI is InChI=1S/C19H10F3N5O/c20-19(21,22)13-5-3-12(4-6-13)16-25-17-15(18(28)26-16)24-10-27(17)14-7-1-11(9-23)2-8-14/h1-8,10H,(H,25,26,28). The van der Waals surface area contributed by atoms with Crippen molar-refractivity contribution in [2.75, 3.05) is 0 Å². The van der Waals surface area contributed by atoms with Crippen molar-refractivity contribution in [3.63, 3.8) is 0 Å². The number of aromatic amines is 1. The number of nitrogens with zero attached hydrogens (tertiary/aromatic N) is 4. The fraction of sp³-hybridized carbons (Fsp3) is 0.0526. The highest BCUT2D eigenvalue weighted by atomic mass is 19.4. The maximum atomic E-state index is 12.7. The van der Waals surface area contributed by atoms with Gasteiger partial charge in [0.1, 0.15) is 12.2 Å². The molecule has 0 spiro atoms. The topological polar surface area (TPSA) is 87.4 Å². The van der Waals surface area contributed by atoms with E-state index in [2.05, 4.69) is 15.0 Å². The van der Waals surface area contributed by atoms with E-state index in [0.29, 0.717) is 16.8 Å². The Hall–Kier alpha value is -3.93. The van der Waals surface area contributed by atoms with Crippen LogP contribution in [0.25, 0.3) is 28.2 Å². The zero-order chi connectivity index (χ0) is 19.9. The van der Waals surface area contributed by atoms with E-state index >= 15 is 0 Å². The first-order valence-corrected chi connectivity index (χ1v) is 8.02. The minimum Gasteiger partial charge on any atom is -0.305 e. The molecule has 0 fully saturated rings. The van der Waals surface area contributed by atoms with Crippen LogP contribution in [0.5, 0.6) is 0 Å². The van der Waals surface area contributed by atoms with E-state index in [1.165, 1.54) is 18.5 Å². The first kappa shape index (κ1) is 17.5. The van der Waals surface area contributed by atoms with Crippen molar-refractivity contribution in [1.82, 2.24) is 19.5 Å². The number of rotatable bonds is 2. The number of fused-ring (bicyclic) bond motifs is 1. The zero-order valence-corrected chi connectivity index (χ0v) is 14.0. The number of aromatic nitrogens is 4. The highest BCUT2D eigenvalue weighted by molar-refractivity contribution is 5.74. The van der Waals surface area contributed by atoms with E-state index in [4.69, 9.17) is 5.26 Å². The molecule has 28 heavy (non-hydrogen) atoms. The Morgan fingerprint density at radius 2 is 1.71 bits per heavy atom. The van der Waals surface area contributed by atoms with Crippen LogP contribution in [0.4, 0.5) is 13.2 Å². The van der Waals surface area contributed by atoms with Gasteiger partial charge in [0.15, 0.2) is 11.2 Å². The molecule has 0 radical (unpaired) electrons. The molecule has 2 aromatic carbocycles. The summed E-state index contributed by atoms with van der Waals surface area (Å²) in [6.45, 7) is 0. The number of hydrogen-bond donors (Lipinski definition) is 1. The van der Waals surface area contributed by atoms with Gasteiger partial charge in [-0.05, 0) is 36.4 Å². The van der Waals surface area contributed by atoms with Crippen LogP contribution in [-0.4, -0.2) is 19.5 Å². The van der Waals surface area contributed by atoms with E-state index < -0.39 is 17.3 Å². The molecule has 2 heterocycles. The van der Waals surface area contributed by atoms with Gasteiger partial charge in [0.2, 0.25) is 0 Å². The monoisotopic (exact) mass is 381 g/mol. The summed E-state index contributed by atoms with van der Waals surface area (Å²) >= 11 is 0. The van der Waals surface area contributed by atoms with E-state index in [-0.39, 0.29) is 17.0 Å². The van der Waals surface area contributed by atoms with Gasteiger partial charge >= 0.3 is 6.18 Å². The zero-order valence-electron chi connectivity index (χ0n) is 14.0. The van der Waals surface area contributed by atoms with E-state index in [1.54, 1.807) is 28.8 Å². The van der Waals surface area contributed by atoms with Crippen LogP contribution >= 0.6 is 0 Å². The third kappa shape index (κ3) is 3.01. The average Bonchev–Trinajstić information content (AvgIpc) is 3.12.